The van der Waals surface area contributed by atoms with Gasteiger partial charge >= 0.3 is 0 Å². The summed E-state index contributed by atoms with van der Waals surface area (Å²) in [5, 5.41) is 3.86. The van der Waals surface area contributed by atoms with Gasteiger partial charge in [0.1, 0.15) is 5.76 Å². The lowest BCUT2D eigenvalue weighted by molar-refractivity contribution is 0.382. The van der Waals surface area contributed by atoms with Crippen molar-refractivity contribution in [2.75, 3.05) is 0 Å². The molecule has 0 spiro atoms. The van der Waals surface area contributed by atoms with Gasteiger partial charge in [0.05, 0.1) is 6.20 Å². The quantitative estimate of drug-likeness (QED) is 0.688. The van der Waals surface area contributed by atoms with E-state index in [4.69, 9.17) is 4.52 Å². The minimum Gasteiger partial charge on any atom is -0.361 e. The van der Waals surface area contributed by atoms with Crippen LogP contribution in [0.2, 0.25) is 0 Å². The van der Waals surface area contributed by atoms with E-state index in [1.165, 1.54) is 18.4 Å². The van der Waals surface area contributed by atoms with Gasteiger partial charge in [-0.25, -0.2) is 0 Å². The molecule has 1 saturated carbocycles. The fourth-order valence-corrected chi connectivity index (χ4v) is 1.54. The van der Waals surface area contributed by atoms with Crippen molar-refractivity contribution in [3.8, 4) is 0 Å². The third kappa shape index (κ3) is 1.52. The maximum absolute atomic E-state index is 5.24. The van der Waals surface area contributed by atoms with Gasteiger partial charge in [-0.15, -0.1) is 0 Å². The van der Waals surface area contributed by atoms with Crippen molar-refractivity contribution in [2.24, 2.45) is 5.92 Å². The summed E-state index contributed by atoms with van der Waals surface area (Å²) in [6.45, 7) is 4.45. The van der Waals surface area contributed by atoms with E-state index >= 15 is 0 Å². The second kappa shape index (κ2) is 2.92. The Labute approximate surface area is 72.9 Å². The molecule has 0 N–H and O–H groups in total. The largest absolute Gasteiger partial charge is 0.361 e. The van der Waals surface area contributed by atoms with Crippen molar-refractivity contribution in [3.05, 3.63) is 17.5 Å². The number of hydrogen-bond donors (Lipinski definition) is 0. The van der Waals surface area contributed by atoms with Crippen molar-refractivity contribution < 1.29 is 4.52 Å². The Hall–Kier alpha value is -0.790. The molecular formula is C10H15NO. The zero-order valence-corrected chi connectivity index (χ0v) is 7.71. The Balaban J connectivity index is 2.13. The van der Waals surface area contributed by atoms with E-state index in [-0.39, 0.29) is 0 Å². The predicted octanol–water partition coefficient (Wildman–Crippen LogP) is 2.75. The summed E-state index contributed by atoms with van der Waals surface area (Å²) in [5.41, 5.74) is 1.33. The van der Waals surface area contributed by atoms with Crippen molar-refractivity contribution >= 4 is 0 Å². The Bertz CT molecular complexity index is 261. The fourth-order valence-electron chi connectivity index (χ4n) is 1.54. The number of nitrogens with zero attached hydrogens (tertiary/aromatic N) is 1. The highest BCUT2D eigenvalue weighted by Crippen LogP contribution is 2.41. The highest BCUT2D eigenvalue weighted by molar-refractivity contribution is 5.21. The van der Waals surface area contributed by atoms with E-state index < -0.39 is 0 Å². The van der Waals surface area contributed by atoms with Crippen LogP contribution in [0.4, 0.5) is 0 Å². The zero-order valence-electron chi connectivity index (χ0n) is 7.71. The molecule has 2 rings (SSSR count). The first-order chi connectivity index (χ1) is 5.77. The SMILES string of the molecule is CC(C)Cc1cnoc1C1CC1. The summed E-state index contributed by atoms with van der Waals surface area (Å²) >= 11 is 0. The normalized spacial score (nSPS) is 17.2. The monoisotopic (exact) mass is 165 g/mol. The minimum absolute atomic E-state index is 0.696. The van der Waals surface area contributed by atoms with Crippen LogP contribution in [-0.4, -0.2) is 5.16 Å². The van der Waals surface area contributed by atoms with Gasteiger partial charge in [0.15, 0.2) is 0 Å². The van der Waals surface area contributed by atoms with E-state index in [0.29, 0.717) is 11.8 Å². The first-order valence-electron chi connectivity index (χ1n) is 4.71. The van der Waals surface area contributed by atoms with Crippen LogP contribution < -0.4 is 0 Å². The predicted molar refractivity (Wildman–Crippen MR) is 47.0 cm³/mol. The summed E-state index contributed by atoms with van der Waals surface area (Å²) in [4.78, 5) is 0. The van der Waals surface area contributed by atoms with Crippen LogP contribution in [0, 0.1) is 5.92 Å². The molecule has 1 fully saturated rings. The molecule has 1 aliphatic rings. The molecule has 0 atom stereocenters. The molecule has 0 amide bonds. The summed E-state index contributed by atoms with van der Waals surface area (Å²) in [6, 6.07) is 0. The molecule has 1 aromatic heterocycles. The Kier molecular flexibility index (Phi) is 1.91. The van der Waals surface area contributed by atoms with Crippen LogP contribution in [0.1, 0.15) is 43.9 Å². The molecule has 1 heterocycles. The molecule has 0 unspecified atom stereocenters. The van der Waals surface area contributed by atoms with Crippen molar-refractivity contribution in [1.82, 2.24) is 5.16 Å². The van der Waals surface area contributed by atoms with Crippen LogP contribution in [0.25, 0.3) is 0 Å². The van der Waals surface area contributed by atoms with Gasteiger partial charge in [0.25, 0.3) is 0 Å². The Morgan fingerprint density at radius 1 is 1.58 bits per heavy atom. The van der Waals surface area contributed by atoms with Crippen LogP contribution in [0.5, 0.6) is 0 Å². The zero-order chi connectivity index (χ0) is 8.55. The van der Waals surface area contributed by atoms with Gasteiger partial charge in [-0.3, -0.25) is 0 Å². The van der Waals surface area contributed by atoms with Crippen molar-refractivity contribution in [3.63, 3.8) is 0 Å². The van der Waals surface area contributed by atoms with Gasteiger partial charge < -0.3 is 4.52 Å². The molecule has 66 valence electrons. The maximum atomic E-state index is 5.24. The van der Waals surface area contributed by atoms with Gasteiger partial charge in [0, 0.05) is 11.5 Å². The first kappa shape index (κ1) is 7.84. The van der Waals surface area contributed by atoms with Crippen LogP contribution in [0.15, 0.2) is 10.7 Å². The van der Waals surface area contributed by atoms with Crippen molar-refractivity contribution in [2.45, 2.75) is 39.0 Å². The van der Waals surface area contributed by atoms with E-state index in [0.717, 1.165) is 12.2 Å². The lowest BCUT2D eigenvalue weighted by Gasteiger charge is -2.02. The lowest BCUT2D eigenvalue weighted by Crippen LogP contribution is -1.95. The second-order valence-electron chi connectivity index (χ2n) is 4.09. The Morgan fingerprint density at radius 2 is 2.33 bits per heavy atom. The maximum Gasteiger partial charge on any atom is 0.142 e. The molecule has 0 aromatic carbocycles. The molecular weight excluding hydrogens is 150 g/mol. The summed E-state index contributed by atoms with van der Waals surface area (Å²) < 4.78 is 5.24. The number of hydrogen-bond acceptors (Lipinski definition) is 2. The molecule has 2 heteroatoms. The lowest BCUT2D eigenvalue weighted by atomic mass is 10.0. The third-order valence-corrected chi connectivity index (χ3v) is 2.25. The number of aromatic nitrogens is 1. The molecule has 1 aliphatic carbocycles. The van der Waals surface area contributed by atoms with Gasteiger partial charge in [-0.05, 0) is 25.2 Å². The smallest absolute Gasteiger partial charge is 0.142 e. The molecule has 0 bridgehead atoms. The molecule has 0 radical (unpaired) electrons. The summed E-state index contributed by atoms with van der Waals surface area (Å²) in [6.07, 6.45) is 5.57. The molecule has 1 aromatic rings. The second-order valence-corrected chi connectivity index (χ2v) is 4.09. The average Bonchev–Trinajstić information content (AvgIpc) is 2.73. The van der Waals surface area contributed by atoms with Gasteiger partial charge in [-0.1, -0.05) is 19.0 Å². The highest BCUT2D eigenvalue weighted by atomic mass is 16.5. The van der Waals surface area contributed by atoms with E-state index in [1.807, 2.05) is 6.20 Å². The van der Waals surface area contributed by atoms with E-state index in [9.17, 15) is 0 Å². The first-order valence-corrected chi connectivity index (χ1v) is 4.71. The topological polar surface area (TPSA) is 26.0 Å². The van der Waals surface area contributed by atoms with Crippen LogP contribution in [-0.2, 0) is 6.42 Å². The summed E-state index contributed by atoms with van der Waals surface area (Å²) in [5.74, 6) is 2.55. The molecule has 0 aliphatic heterocycles. The molecule has 12 heavy (non-hydrogen) atoms. The summed E-state index contributed by atoms with van der Waals surface area (Å²) in [7, 11) is 0. The van der Waals surface area contributed by atoms with E-state index in [2.05, 4.69) is 19.0 Å². The highest BCUT2D eigenvalue weighted by Gasteiger charge is 2.29. The Morgan fingerprint density at radius 3 is 2.92 bits per heavy atom. The molecule has 0 saturated heterocycles. The van der Waals surface area contributed by atoms with Crippen molar-refractivity contribution in [1.29, 1.82) is 0 Å². The molecule has 2 nitrogen and oxygen atoms in total. The van der Waals surface area contributed by atoms with E-state index in [1.54, 1.807) is 0 Å². The third-order valence-electron chi connectivity index (χ3n) is 2.25. The standard InChI is InChI=1S/C10H15NO/c1-7(2)5-9-6-11-12-10(9)8-3-4-8/h6-8H,3-5H2,1-2H3. The van der Waals surface area contributed by atoms with Crippen LogP contribution >= 0.6 is 0 Å². The number of rotatable bonds is 3. The van der Waals surface area contributed by atoms with Gasteiger partial charge in [-0.2, -0.15) is 0 Å². The fraction of sp³-hybridized carbons (Fsp3) is 0.700. The minimum atomic E-state index is 0.696. The average molecular weight is 165 g/mol. The van der Waals surface area contributed by atoms with Gasteiger partial charge in [0.2, 0.25) is 0 Å². The van der Waals surface area contributed by atoms with Crippen LogP contribution in [0.3, 0.4) is 0 Å².